The molecule has 2 aromatic rings. The zero-order valence-corrected chi connectivity index (χ0v) is 11.1. The first kappa shape index (κ1) is 12.9. The van der Waals surface area contributed by atoms with E-state index in [4.69, 9.17) is 4.42 Å². The van der Waals surface area contributed by atoms with E-state index in [1.165, 1.54) is 12.0 Å². The van der Waals surface area contributed by atoms with Crippen molar-refractivity contribution in [3.8, 4) is 0 Å². The Morgan fingerprint density at radius 2 is 2.33 bits per heavy atom. The molecule has 0 bridgehead atoms. The quantitative estimate of drug-likeness (QED) is 0.844. The van der Waals surface area contributed by atoms with E-state index >= 15 is 0 Å². The van der Waals surface area contributed by atoms with Crippen LogP contribution in [0.5, 0.6) is 0 Å². The number of nitrogens with one attached hydrogen (secondary N) is 1. The van der Waals surface area contributed by atoms with Gasteiger partial charge < -0.3 is 14.5 Å². The monoisotopic (exact) mass is 265 g/mol. The van der Waals surface area contributed by atoms with Gasteiger partial charge in [-0.05, 0) is 30.5 Å². The number of ether oxygens (including phenoxy) is 1. The largest absolute Gasteiger partial charge is 0.463 e. The van der Waals surface area contributed by atoms with Gasteiger partial charge >= 0.3 is 5.97 Å². The van der Waals surface area contributed by atoms with E-state index in [2.05, 4.69) is 28.4 Å². The molecule has 96 valence electrons. The lowest BCUT2D eigenvalue weighted by Gasteiger charge is -2.10. The second kappa shape index (κ2) is 5.84. The summed E-state index contributed by atoms with van der Waals surface area (Å²) in [7, 11) is 1.33. The van der Waals surface area contributed by atoms with Crippen molar-refractivity contribution < 1.29 is 13.9 Å². The summed E-state index contributed by atoms with van der Waals surface area (Å²) in [6.45, 7) is 2.67. The van der Waals surface area contributed by atoms with Crippen molar-refractivity contribution in [2.24, 2.45) is 0 Å². The van der Waals surface area contributed by atoms with Crippen molar-refractivity contribution >= 4 is 17.3 Å². The number of hydrogen-bond acceptors (Lipinski definition) is 5. The van der Waals surface area contributed by atoms with E-state index in [0.717, 1.165) is 5.76 Å². The normalized spacial score (nSPS) is 12.3. The van der Waals surface area contributed by atoms with Crippen LogP contribution in [0.25, 0.3) is 0 Å². The first-order valence-electron chi connectivity index (χ1n) is 5.64. The Labute approximate surface area is 110 Å². The molecule has 0 amide bonds. The second-order valence-electron chi connectivity index (χ2n) is 3.88. The van der Waals surface area contributed by atoms with Gasteiger partial charge in [-0.1, -0.05) is 6.07 Å². The molecule has 1 N–H and O–H groups in total. The summed E-state index contributed by atoms with van der Waals surface area (Å²) in [6, 6.07) is 7.78. The molecule has 0 aliphatic heterocycles. The Kier molecular flexibility index (Phi) is 4.17. The summed E-state index contributed by atoms with van der Waals surface area (Å²) in [5.41, 5.74) is 0. The Balaban J connectivity index is 1.90. The molecule has 1 atom stereocenters. The van der Waals surface area contributed by atoms with Gasteiger partial charge in [0.25, 0.3) is 0 Å². The molecule has 1 unspecified atom stereocenters. The lowest BCUT2D eigenvalue weighted by molar-refractivity contribution is 0.0563. The number of furan rings is 1. The molecule has 0 saturated carbocycles. The molecule has 0 aliphatic carbocycles. The van der Waals surface area contributed by atoms with E-state index in [1.54, 1.807) is 23.5 Å². The predicted molar refractivity (Wildman–Crippen MR) is 69.6 cm³/mol. The molecule has 2 heterocycles. The Hall–Kier alpha value is -1.59. The van der Waals surface area contributed by atoms with E-state index in [1.807, 2.05) is 6.07 Å². The maximum absolute atomic E-state index is 11.2. The molecular formula is C13H15NO3S. The summed E-state index contributed by atoms with van der Waals surface area (Å²) in [5.74, 6) is 0.504. The fourth-order valence-electron chi connectivity index (χ4n) is 1.58. The van der Waals surface area contributed by atoms with Crippen molar-refractivity contribution in [3.05, 3.63) is 46.0 Å². The summed E-state index contributed by atoms with van der Waals surface area (Å²) in [5, 5.41) is 5.39. The van der Waals surface area contributed by atoms with Crippen molar-refractivity contribution in [2.75, 3.05) is 7.11 Å². The number of methoxy groups -OCH3 is 1. The first-order valence-corrected chi connectivity index (χ1v) is 6.52. The zero-order chi connectivity index (χ0) is 13.0. The fourth-order valence-corrected chi connectivity index (χ4v) is 2.33. The maximum Gasteiger partial charge on any atom is 0.373 e. The number of esters is 1. The fraction of sp³-hybridized carbons (Fsp3) is 0.308. The van der Waals surface area contributed by atoms with Gasteiger partial charge in [0.15, 0.2) is 0 Å². The number of carbonyl (C=O) groups is 1. The van der Waals surface area contributed by atoms with E-state index in [9.17, 15) is 4.79 Å². The van der Waals surface area contributed by atoms with Gasteiger partial charge in [-0.2, -0.15) is 0 Å². The van der Waals surface area contributed by atoms with Crippen LogP contribution in [0.1, 0.15) is 34.2 Å². The number of rotatable bonds is 5. The van der Waals surface area contributed by atoms with Crippen LogP contribution in [-0.4, -0.2) is 13.1 Å². The molecule has 0 saturated heterocycles. The minimum Gasteiger partial charge on any atom is -0.463 e. The maximum atomic E-state index is 11.2. The number of hydrogen-bond donors (Lipinski definition) is 1. The molecule has 0 fully saturated rings. The molecule has 0 aliphatic rings. The second-order valence-corrected chi connectivity index (χ2v) is 4.85. The summed E-state index contributed by atoms with van der Waals surface area (Å²) >= 11 is 1.71. The SMILES string of the molecule is COC(=O)c1ccc(CNC(C)c2cccs2)o1. The minimum atomic E-state index is -0.451. The van der Waals surface area contributed by atoms with Crippen molar-refractivity contribution in [2.45, 2.75) is 19.5 Å². The highest BCUT2D eigenvalue weighted by molar-refractivity contribution is 7.10. The smallest absolute Gasteiger partial charge is 0.373 e. The van der Waals surface area contributed by atoms with Gasteiger partial charge in [0, 0.05) is 10.9 Å². The zero-order valence-electron chi connectivity index (χ0n) is 10.3. The van der Waals surface area contributed by atoms with Crippen LogP contribution in [-0.2, 0) is 11.3 Å². The molecule has 5 heteroatoms. The molecule has 0 aromatic carbocycles. The van der Waals surface area contributed by atoms with E-state index in [-0.39, 0.29) is 11.8 Å². The van der Waals surface area contributed by atoms with Crippen molar-refractivity contribution in [1.29, 1.82) is 0 Å². The summed E-state index contributed by atoms with van der Waals surface area (Å²) < 4.78 is 9.95. The topological polar surface area (TPSA) is 51.5 Å². The minimum absolute atomic E-state index is 0.234. The number of thiophene rings is 1. The van der Waals surface area contributed by atoms with Gasteiger partial charge in [-0.15, -0.1) is 11.3 Å². The van der Waals surface area contributed by atoms with Crippen LogP contribution < -0.4 is 5.32 Å². The highest BCUT2D eigenvalue weighted by atomic mass is 32.1. The molecule has 0 spiro atoms. The van der Waals surface area contributed by atoms with Crippen LogP contribution in [0.3, 0.4) is 0 Å². The van der Waals surface area contributed by atoms with Crippen LogP contribution >= 0.6 is 11.3 Å². The summed E-state index contributed by atoms with van der Waals surface area (Å²) in [6.07, 6.45) is 0. The molecule has 2 aromatic heterocycles. The molecule has 2 rings (SSSR count). The predicted octanol–water partition coefficient (Wildman–Crippen LogP) is 2.98. The van der Waals surface area contributed by atoms with Crippen LogP contribution in [0.15, 0.2) is 34.1 Å². The number of carbonyl (C=O) groups excluding carboxylic acids is 1. The van der Waals surface area contributed by atoms with Crippen LogP contribution in [0.4, 0.5) is 0 Å². The standard InChI is InChI=1S/C13H15NO3S/c1-9(12-4-3-7-18-12)14-8-10-5-6-11(17-10)13(15)16-2/h3-7,9,14H,8H2,1-2H3. The van der Waals surface area contributed by atoms with Gasteiger partial charge in [-0.25, -0.2) is 4.79 Å². The Morgan fingerprint density at radius 1 is 1.50 bits per heavy atom. The third kappa shape index (κ3) is 3.00. The third-order valence-electron chi connectivity index (χ3n) is 2.60. The van der Waals surface area contributed by atoms with E-state index < -0.39 is 5.97 Å². The van der Waals surface area contributed by atoms with Gasteiger partial charge in [0.1, 0.15) is 5.76 Å². The molecule has 4 nitrogen and oxygen atoms in total. The molecule has 18 heavy (non-hydrogen) atoms. The van der Waals surface area contributed by atoms with Crippen molar-refractivity contribution in [3.63, 3.8) is 0 Å². The lowest BCUT2D eigenvalue weighted by Crippen LogP contribution is -2.16. The molecule has 0 radical (unpaired) electrons. The van der Waals surface area contributed by atoms with E-state index in [0.29, 0.717) is 6.54 Å². The lowest BCUT2D eigenvalue weighted by atomic mass is 10.2. The van der Waals surface area contributed by atoms with Gasteiger partial charge in [0.05, 0.1) is 13.7 Å². The van der Waals surface area contributed by atoms with Crippen LogP contribution in [0, 0.1) is 0 Å². The van der Waals surface area contributed by atoms with Crippen LogP contribution in [0.2, 0.25) is 0 Å². The Bertz CT molecular complexity index is 504. The average Bonchev–Trinajstić information content (AvgIpc) is 3.05. The van der Waals surface area contributed by atoms with Gasteiger partial charge in [-0.3, -0.25) is 0 Å². The van der Waals surface area contributed by atoms with Crippen molar-refractivity contribution in [1.82, 2.24) is 5.32 Å². The van der Waals surface area contributed by atoms with Gasteiger partial charge in [0.2, 0.25) is 5.76 Å². The third-order valence-corrected chi connectivity index (χ3v) is 3.66. The highest BCUT2D eigenvalue weighted by Gasteiger charge is 2.12. The molecular weight excluding hydrogens is 250 g/mol. The average molecular weight is 265 g/mol. The Morgan fingerprint density at radius 3 is 3.00 bits per heavy atom. The first-order chi connectivity index (χ1) is 8.70. The highest BCUT2D eigenvalue weighted by Crippen LogP contribution is 2.19. The summed E-state index contributed by atoms with van der Waals surface area (Å²) in [4.78, 5) is 12.5.